The highest BCUT2D eigenvalue weighted by Crippen LogP contribution is 2.36. The van der Waals surface area contributed by atoms with E-state index in [0.717, 1.165) is 0 Å². The Labute approximate surface area is 109 Å². The average molecular weight is 356 g/mol. The summed E-state index contributed by atoms with van der Waals surface area (Å²) >= 11 is 6.03. The normalized spacial score (nSPS) is 10.2. The summed E-state index contributed by atoms with van der Waals surface area (Å²) in [6, 6.07) is 1.44. The summed E-state index contributed by atoms with van der Waals surface area (Å²) in [6.07, 6.45) is 0.313. The van der Waals surface area contributed by atoms with E-state index in [-0.39, 0.29) is 23.1 Å². The third kappa shape index (κ3) is 2.95. The molecule has 0 atom stereocenters. The highest BCUT2D eigenvalue weighted by atomic mass is 79.9. The van der Waals surface area contributed by atoms with Gasteiger partial charge in [-0.1, -0.05) is 0 Å². The van der Waals surface area contributed by atoms with E-state index in [1.165, 1.54) is 13.2 Å². The SMILES string of the molecule is COC(=O)CCc1cc(Br)c(O)c(Br)c1F. The number of phenolic OH excluding ortho intramolecular Hbond substituents is 1. The number of carbonyl (C=O) groups is 1. The molecule has 0 saturated carbocycles. The molecule has 1 N–H and O–H groups in total. The van der Waals surface area contributed by atoms with Crippen molar-refractivity contribution in [3.05, 3.63) is 26.4 Å². The van der Waals surface area contributed by atoms with E-state index in [0.29, 0.717) is 10.0 Å². The zero-order chi connectivity index (χ0) is 12.3. The van der Waals surface area contributed by atoms with E-state index < -0.39 is 11.8 Å². The van der Waals surface area contributed by atoms with Crippen LogP contribution in [0.5, 0.6) is 5.75 Å². The van der Waals surface area contributed by atoms with Gasteiger partial charge in [0.15, 0.2) is 0 Å². The van der Waals surface area contributed by atoms with Gasteiger partial charge in [0.2, 0.25) is 0 Å². The fourth-order valence-electron chi connectivity index (χ4n) is 1.16. The van der Waals surface area contributed by atoms with Crippen LogP contribution >= 0.6 is 31.9 Å². The molecule has 3 nitrogen and oxygen atoms in total. The second-order valence-electron chi connectivity index (χ2n) is 3.07. The third-order valence-corrected chi connectivity index (χ3v) is 3.36. The summed E-state index contributed by atoms with van der Waals surface area (Å²) < 4.78 is 18.4. The van der Waals surface area contributed by atoms with Crippen LogP contribution in [0.4, 0.5) is 4.39 Å². The maximum Gasteiger partial charge on any atom is 0.305 e. The fourth-order valence-corrected chi connectivity index (χ4v) is 2.36. The van der Waals surface area contributed by atoms with Crippen molar-refractivity contribution in [3.63, 3.8) is 0 Å². The summed E-state index contributed by atoms with van der Waals surface area (Å²) in [5.74, 6) is -1.16. The van der Waals surface area contributed by atoms with Gasteiger partial charge in [-0.05, 0) is 49.9 Å². The lowest BCUT2D eigenvalue weighted by Gasteiger charge is -2.07. The molecule has 0 aliphatic heterocycles. The Bertz CT molecular complexity index is 421. The first-order valence-electron chi connectivity index (χ1n) is 4.39. The maximum atomic E-state index is 13.6. The van der Waals surface area contributed by atoms with Crippen molar-refractivity contribution < 1.29 is 19.0 Å². The van der Waals surface area contributed by atoms with Gasteiger partial charge in [-0.3, -0.25) is 4.79 Å². The molecule has 0 saturated heterocycles. The molecule has 0 unspecified atom stereocenters. The minimum absolute atomic E-state index is 0.0123. The van der Waals surface area contributed by atoms with Crippen LogP contribution in [0.1, 0.15) is 12.0 Å². The standard InChI is InChI=1S/C10H9Br2FO3/c1-16-7(14)3-2-5-4-6(11)10(15)8(12)9(5)13/h4,15H,2-3H2,1H3. The molecule has 6 heteroatoms. The zero-order valence-corrected chi connectivity index (χ0v) is 11.6. The van der Waals surface area contributed by atoms with Crippen molar-refractivity contribution in [2.45, 2.75) is 12.8 Å². The van der Waals surface area contributed by atoms with Gasteiger partial charge in [-0.25, -0.2) is 4.39 Å². The van der Waals surface area contributed by atoms with Gasteiger partial charge in [0.25, 0.3) is 0 Å². The van der Waals surface area contributed by atoms with Gasteiger partial charge < -0.3 is 9.84 Å². The lowest BCUT2D eigenvalue weighted by Crippen LogP contribution is -2.03. The van der Waals surface area contributed by atoms with Crippen LogP contribution in [0, 0.1) is 5.82 Å². The number of hydrogen-bond acceptors (Lipinski definition) is 3. The predicted octanol–water partition coefficient (Wildman–Crippen LogP) is 3.16. The second kappa shape index (κ2) is 5.63. The number of methoxy groups -OCH3 is 1. The molecule has 88 valence electrons. The molecule has 0 spiro atoms. The minimum atomic E-state index is -0.565. The first-order chi connectivity index (χ1) is 7.47. The maximum absolute atomic E-state index is 13.6. The Balaban J connectivity index is 2.93. The molecular formula is C10H9Br2FO3. The molecule has 0 amide bonds. The number of rotatable bonds is 3. The number of esters is 1. The predicted molar refractivity (Wildman–Crippen MR) is 63.8 cm³/mol. The number of ether oxygens (including phenoxy) is 1. The number of aromatic hydroxyl groups is 1. The van der Waals surface area contributed by atoms with Gasteiger partial charge in [0.1, 0.15) is 11.6 Å². The highest BCUT2D eigenvalue weighted by molar-refractivity contribution is 9.11. The van der Waals surface area contributed by atoms with Gasteiger partial charge in [0, 0.05) is 6.42 Å². The van der Waals surface area contributed by atoms with E-state index >= 15 is 0 Å². The van der Waals surface area contributed by atoms with E-state index in [1.807, 2.05) is 0 Å². The molecule has 0 fully saturated rings. The molecule has 1 aromatic rings. The summed E-state index contributed by atoms with van der Waals surface area (Å²) in [6.45, 7) is 0. The highest BCUT2D eigenvalue weighted by Gasteiger charge is 2.15. The van der Waals surface area contributed by atoms with Crippen molar-refractivity contribution in [1.29, 1.82) is 0 Å². The summed E-state index contributed by atoms with van der Waals surface area (Å²) in [5, 5.41) is 9.41. The van der Waals surface area contributed by atoms with E-state index in [9.17, 15) is 14.3 Å². The van der Waals surface area contributed by atoms with Crippen molar-refractivity contribution in [2.24, 2.45) is 0 Å². The first-order valence-corrected chi connectivity index (χ1v) is 5.98. The number of hydrogen-bond donors (Lipinski definition) is 1. The van der Waals surface area contributed by atoms with Gasteiger partial charge in [-0.15, -0.1) is 0 Å². The Morgan fingerprint density at radius 3 is 2.75 bits per heavy atom. The smallest absolute Gasteiger partial charge is 0.305 e. The number of benzene rings is 1. The second-order valence-corrected chi connectivity index (χ2v) is 4.72. The van der Waals surface area contributed by atoms with Crippen LogP contribution in [0.15, 0.2) is 15.0 Å². The molecule has 0 heterocycles. The summed E-state index contributed by atoms with van der Waals surface area (Å²) in [4.78, 5) is 10.9. The number of phenols is 1. The molecule has 0 aromatic heterocycles. The molecule has 0 aliphatic rings. The van der Waals surface area contributed by atoms with Gasteiger partial charge in [-0.2, -0.15) is 0 Å². The molecular weight excluding hydrogens is 347 g/mol. The van der Waals surface area contributed by atoms with Crippen LogP contribution < -0.4 is 0 Å². The van der Waals surface area contributed by atoms with Gasteiger partial charge >= 0.3 is 5.97 Å². The van der Waals surface area contributed by atoms with E-state index in [2.05, 4.69) is 36.6 Å². The van der Waals surface area contributed by atoms with Crippen LogP contribution in [-0.4, -0.2) is 18.2 Å². The average Bonchev–Trinajstić information content (AvgIpc) is 2.28. The largest absolute Gasteiger partial charge is 0.505 e. The molecule has 0 bridgehead atoms. The third-order valence-electron chi connectivity index (χ3n) is 2.04. The lowest BCUT2D eigenvalue weighted by atomic mass is 10.1. The fraction of sp³-hybridized carbons (Fsp3) is 0.300. The van der Waals surface area contributed by atoms with E-state index in [4.69, 9.17) is 0 Å². The Kier molecular flexibility index (Phi) is 4.73. The van der Waals surface area contributed by atoms with E-state index in [1.54, 1.807) is 0 Å². The minimum Gasteiger partial charge on any atom is -0.505 e. The lowest BCUT2D eigenvalue weighted by molar-refractivity contribution is -0.140. The van der Waals surface area contributed by atoms with Crippen LogP contribution in [0.3, 0.4) is 0 Å². The Morgan fingerprint density at radius 1 is 1.56 bits per heavy atom. The van der Waals surface area contributed by atoms with Gasteiger partial charge in [0.05, 0.1) is 16.1 Å². The summed E-state index contributed by atoms with van der Waals surface area (Å²) in [7, 11) is 1.28. The van der Waals surface area contributed by atoms with Crippen molar-refractivity contribution >= 4 is 37.8 Å². The number of carbonyl (C=O) groups excluding carboxylic acids is 1. The van der Waals surface area contributed by atoms with Crippen molar-refractivity contribution in [3.8, 4) is 5.75 Å². The molecule has 16 heavy (non-hydrogen) atoms. The van der Waals surface area contributed by atoms with Crippen LogP contribution in [0.2, 0.25) is 0 Å². The zero-order valence-electron chi connectivity index (χ0n) is 8.39. The van der Waals surface area contributed by atoms with Crippen molar-refractivity contribution in [1.82, 2.24) is 0 Å². The quantitative estimate of drug-likeness (QED) is 0.669. The Morgan fingerprint density at radius 2 is 2.19 bits per heavy atom. The number of halogens is 3. The van der Waals surface area contributed by atoms with Crippen LogP contribution in [0.25, 0.3) is 0 Å². The monoisotopic (exact) mass is 354 g/mol. The molecule has 1 rings (SSSR count). The number of aryl methyl sites for hydroxylation is 1. The Hall–Kier alpha value is -0.620. The first kappa shape index (κ1) is 13.4. The summed E-state index contributed by atoms with van der Waals surface area (Å²) in [5.41, 5.74) is 0.335. The topological polar surface area (TPSA) is 46.5 Å². The van der Waals surface area contributed by atoms with Crippen LogP contribution in [-0.2, 0) is 16.0 Å². The molecule has 0 radical (unpaired) electrons. The molecule has 0 aliphatic carbocycles. The van der Waals surface area contributed by atoms with Crippen molar-refractivity contribution in [2.75, 3.05) is 7.11 Å². The molecule has 1 aromatic carbocycles.